The predicted molar refractivity (Wildman–Crippen MR) is 116 cm³/mol. The standard InChI is InChI=1S/C16H25Cl2N5O.HI/c1-19-16(23(2)7-8-24-11-12-3-4-12)21-6-5-20-15-14(18)9-13(17)10-22-15;/h9-10,12H,3-8,11H2,1-2H3,(H,19,21)(H,20,22);1H. The predicted octanol–water partition coefficient (Wildman–Crippen LogP) is 3.35. The smallest absolute Gasteiger partial charge is 0.193 e. The first-order valence-corrected chi connectivity index (χ1v) is 8.90. The number of nitrogens with one attached hydrogen (secondary N) is 2. The fraction of sp³-hybridized carbons (Fsp3) is 0.625. The van der Waals surface area contributed by atoms with Gasteiger partial charge in [0.05, 0.1) is 16.7 Å². The summed E-state index contributed by atoms with van der Waals surface area (Å²) in [5.74, 6) is 2.26. The van der Waals surface area contributed by atoms with Crippen LogP contribution in [0.4, 0.5) is 5.82 Å². The molecule has 0 bridgehead atoms. The molecule has 0 amide bonds. The Morgan fingerprint density at radius 1 is 1.40 bits per heavy atom. The lowest BCUT2D eigenvalue weighted by Crippen LogP contribution is -2.42. The number of likely N-dealkylation sites (N-methyl/N-ethyl adjacent to an activating group) is 1. The van der Waals surface area contributed by atoms with Gasteiger partial charge in [0.2, 0.25) is 0 Å². The van der Waals surface area contributed by atoms with Gasteiger partial charge in [-0.1, -0.05) is 23.2 Å². The van der Waals surface area contributed by atoms with Crippen LogP contribution >= 0.6 is 47.2 Å². The highest BCUT2D eigenvalue weighted by Gasteiger charge is 2.21. The molecule has 0 saturated heterocycles. The van der Waals surface area contributed by atoms with Crippen molar-refractivity contribution >= 4 is 59.0 Å². The van der Waals surface area contributed by atoms with Gasteiger partial charge >= 0.3 is 0 Å². The van der Waals surface area contributed by atoms with Crippen LogP contribution in [0, 0.1) is 5.92 Å². The molecule has 1 saturated carbocycles. The molecule has 25 heavy (non-hydrogen) atoms. The van der Waals surface area contributed by atoms with Gasteiger partial charge in [-0.2, -0.15) is 0 Å². The molecular formula is C16H26Cl2IN5O. The third-order valence-corrected chi connectivity index (χ3v) is 4.20. The lowest BCUT2D eigenvalue weighted by atomic mass is 10.4. The van der Waals surface area contributed by atoms with E-state index in [0.717, 1.165) is 31.6 Å². The third kappa shape index (κ3) is 8.61. The molecule has 1 fully saturated rings. The minimum atomic E-state index is 0. The molecule has 0 spiro atoms. The average molecular weight is 502 g/mol. The van der Waals surface area contributed by atoms with Crippen LogP contribution in [0.5, 0.6) is 0 Å². The number of rotatable bonds is 9. The van der Waals surface area contributed by atoms with Crippen LogP contribution in [0.25, 0.3) is 0 Å². The number of aromatic nitrogens is 1. The summed E-state index contributed by atoms with van der Waals surface area (Å²) in [5.41, 5.74) is 0. The average Bonchev–Trinajstić information content (AvgIpc) is 3.37. The molecule has 2 rings (SSSR count). The molecular weight excluding hydrogens is 476 g/mol. The van der Waals surface area contributed by atoms with Crippen molar-refractivity contribution in [1.82, 2.24) is 15.2 Å². The SMILES string of the molecule is CN=C(NCCNc1ncc(Cl)cc1Cl)N(C)CCOCC1CC1.I. The van der Waals surface area contributed by atoms with E-state index in [1.165, 1.54) is 12.8 Å². The van der Waals surface area contributed by atoms with Gasteiger partial charge in [0.1, 0.15) is 5.82 Å². The van der Waals surface area contributed by atoms with Gasteiger partial charge in [0.15, 0.2) is 5.96 Å². The Morgan fingerprint density at radius 2 is 2.16 bits per heavy atom. The van der Waals surface area contributed by atoms with E-state index in [1.807, 2.05) is 7.05 Å². The summed E-state index contributed by atoms with van der Waals surface area (Å²) in [4.78, 5) is 10.5. The van der Waals surface area contributed by atoms with Crippen molar-refractivity contribution in [1.29, 1.82) is 0 Å². The number of guanidine groups is 1. The van der Waals surface area contributed by atoms with Crippen molar-refractivity contribution in [2.24, 2.45) is 10.9 Å². The summed E-state index contributed by atoms with van der Waals surface area (Å²) in [5, 5.41) is 7.49. The summed E-state index contributed by atoms with van der Waals surface area (Å²) < 4.78 is 5.66. The summed E-state index contributed by atoms with van der Waals surface area (Å²) in [7, 11) is 3.77. The van der Waals surface area contributed by atoms with Crippen molar-refractivity contribution in [2.75, 3.05) is 52.3 Å². The highest BCUT2D eigenvalue weighted by molar-refractivity contribution is 14.0. The second kappa shape index (κ2) is 12.0. The first kappa shape index (κ1) is 22.5. The van der Waals surface area contributed by atoms with E-state index in [9.17, 15) is 0 Å². The van der Waals surface area contributed by atoms with Crippen LogP contribution in [0.15, 0.2) is 17.3 Å². The van der Waals surface area contributed by atoms with Crippen molar-refractivity contribution < 1.29 is 4.74 Å². The summed E-state index contributed by atoms with van der Waals surface area (Å²) >= 11 is 11.9. The highest BCUT2D eigenvalue weighted by atomic mass is 127. The van der Waals surface area contributed by atoms with E-state index in [4.69, 9.17) is 27.9 Å². The van der Waals surface area contributed by atoms with E-state index < -0.39 is 0 Å². The Balaban J connectivity index is 0.00000312. The van der Waals surface area contributed by atoms with Crippen molar-refractivity contribution in [3.05, 3.63) is 22.3 Å². The Hall–Kier alpha value is -0.510. The van der Waals surface area contributed by atoms with Crippen molar-refractivity contribution in [2.45, 2.75) is 12.8 Å². The number of aliphatic imine (C=N–C) groups is 1. The van der Waals surface area contributed by atoms with Gasteiger partial charge in [-0.3, -0.25) is 4.99 Å². The number of hydrogen-bond acceptors (Lipinski definition) is 4. The molecule has 1 aromatic rings. The fourth-order valence-electron chi connectivity index (χ4n) is 2.13. The molecule has 1 aliphatic carbocycles. The lowest BCUT2D eigenvalue weighted by molar-refractivity contribution is 0.115. The Morgan fingerprint density at radius 3 is 2.80 bits per heavy atom. The second-order valence-electron chi connectivity index (χ2n) is 5.82. The van der Waals surface area contributed by atoms with Crippen LogP contribution in [-0.4, -0.2) is 62.8 Å². The van der Waals surface area contributed by atoms with Crippen LogP contribution in [0.1, 0.15) is 12.8 Å². The largest absolute Gasteiger partial charge is 0.379 e. The summed E-state index contributed by atoms with van der Waals surface area (Å²) in [6.07, 6.45) is 4.20. The Kier molecular flexibility index (Phi) is 10.8. The zero-order chi connectivity index (χ0) is 17.4. The molecule has 6 nitrogen and oxygen atoms in total. The molecule has 0 radical (unpaired) electrons. The van der Waals surface area contributed by atoms with Gasteiger partial charge in [-0.25, -0.2) is 4.98 Å². The van der Waals surface area contributed by atoms with Gasteiger partial charge in [0.25, 0.3) is 0 Å². The molecule has 1 heterocycles. The number of halogens is 3. The van der Waals surface area contributed by atoms with Crippen molar-refractivity contribution in [3.8, 4) is 0 Å². The topological polar surface area (TPSA) is 61.8 Å². The number of ether oxygens (including phenoxy) is 1. The Labute approximate surface area is 176 Å². The number of anilines is 1. The maximum Gasteiger partial charge on any atom is 0.193 e. The Bertz CT molecular complexity index is 557. The number of nitrogens with zero attached hydrogens (tertiary/aromatic N) is 3. The molecule has 0 aliphatic heterocycles. The molecule has 0 aromatic carbocycles. The first-order chi connectivity index (χ1) is 11.6. The molecule has 142 valence electrons. The van der Waals surface area contributed by atoms with E-state index in [2.05, 4.69) is 25.5 Å². The van der Waals surface area contributed by atoms with Gasteiger partial charge in [0, 0.05) is 46.5 Å². The summed E-state index contributed by atoms with van der Waals surface area (Å²) in [6.45, 7) is 3.78. The molecule has 2 N–H and O–H groups in total. The minimum Gasteiger partial charge on any atom is -0.379 e. The summed E-state index contributed by atoms with van der Waals surface area (Å²) in [6, 6.07) is 1.67. The van der Waals surface area contributed by atoms with E-state index in [-0.39, 0.29) is 24.0 Å². The third-order valence-electron chi connectivity index (χ3n) is 3.70. The van der Waals surface area contributed by atoms with Crippen LogP contribution < -0.4 is 10.6 Å². The second-order valence-corrected chi connectivity index (χ2v) is 6.67. The maximum absolute atomic E-state index is 6.07. The van der Waals surface area contributed by atoms with E-state index in [1.54, 1.807) is 19.3 Å². The molecule has 0 unspecified atom stereocenters. The minimum absolute atomic E-state index is 0. The van der Waals surface area contributed by atoms with Crippen LogP contribution in [0.2, 0.25) is 10.0 Å². The lowest BCUT2D eigenvalue weighted by Gasteiger charge is -2.22. The normalized spacial score (nSPS) is 14.0. The molecule has 0 atom stereocenters. The maximum atomic E-state index is 6.07. The zero-order valence-corrected chi connectivity index (χ0v) is 18.4. The molecule has 1 aromatic heterocycles. The fourth-order valence-corrected chi connectivity index (χ4v) is 2.57. The zero-order valence-electron chi connectivity index (χ0n) is 14.6. The highest BCUT2D eigenvalue weighted by Crippen LogP contribution is 2.28. The molecule has 9 heteroatoms. The quantitative estimate of drug-likeness (QED) is 0.235. The monoisotopic (exact) mass is 501 g/mol. The molecule has 1 aliphatic rings. The van der Waals surface area contributed by atoms with E-state index in [0.29, 0.717) is 29.0 Å². The van der Waals surface area contributed by atoms with E-state index >= 15 is 0 Å². The van der Waals surface area contributed by atoms with Crippen molar-refractivity contribution in [3.63, 3.8) is 0 Å². The van der Waals surface area contributed by atoms with Gasteiger partial charge < -0.3 is 20.3 Å². The number of pyridine rings is 1. The van der Waals surface area contributed by atoms with Gasteiger partial charge in [-0.15, -0.1) is 24.0 Å². The first-order valence-electron chi connectivity index (χ1n) is 8.14. The number of hydrogen-bond donors (Lipinski definition) is 2. The van der Waals surface area contributed by atoms with Crippen LogP contribution in [0.3, 0.4) is 0 Å². The van der Waals surface area contributed by atoms with Crippen LogP contribution in [-0.2, 0) is 4.74 Å². The van der Waals surface area contributed by atoms with Gasteiger partial charge in [-0.05, 0) is 24.8 Å².